The average Bonchev–Trinajstić information content (AvgIpc) is 2.51. The fourth-order valence-electron chi connectivity index (χ4n) is 1.76. The Morgan fingerprint density at radius 1 is 1.38 bits per heavy atom. The molecule has 6 heteroatoms. The summed E-state index contributed by atoms with van der Waals surface area (Å²) < 4.78 is 10.6. The van der Waals surface area contributed by atoms with E-state index in [-0.39, 0.29) is 5.91 Å². The lowest BCUT2D eigenvalue weighted by molar-refractivity contribution is 0.0944. The molecule has 0 radical (unpaired) electrons. The SMILES string of the molecule is COc1cnccc1C(=O)NCCOc1cccc(N)c1. The number of aromatic nitrogens is 1. The van der Waals surface area contributed by atoms with E-state index in [1.165, 1.54) is 13.3 Å². The standard InChI is InChI=1S/C15H17N3O3/c1-20-14-10-17-6-5-13(14)15(19)18-7-8-21-12-4-2-3-11(16)9-12/h2-6,9-10H,7-8,16H2,1H3,(H,18,19). The van der Waals surface area contributed by atoms with Crippen LogP contribution in [0.4, 0.5) is 5.69 Å². The number of ether oxygens (including phenoxy) is 2. The largest absolute Gasteiger partial charge is 0.494 e. The van der Waals surface area contributed by atoms with Crippen molar-refractivity contribution in [3.8, 4) is 11.5 Å². The first-order chi connectivity index (χ1) is 10.2. The van der Waals surface area contributed by atoms with Crippen LogP contribution in [0, 0.1) is 0 Å². The summed E-state index contributed by atoms with van der Waals surface area (Å²) in [4.78, 5) is 15.9. The topological polar surface area (TPSA) is 86.5 Å². The van der Waals surface area contributed by atoms with Crippen LogP contribution in [-0.4, -0.2) is 31.2 Å². The van der Waals surface area contributed by atoms with E-state index < -0.39 is 0 Å². The lowest BCUT2D eigenvalue weighted by atomic mass is 10.2. The van der Waals surface area contributed by atoms with Gasteiger partial charge in [-0.2, -0.15) is 0 Å². The maximum absolute atomic E-state index is 12.0. The molecule has 1 heterocycles. The number of hydrogen-bond acceptors (Lipinski definition) is 5. The molecule has 0 saturated carbocycles. The molecule has 0 spiro atoms. The highest BCUT2D eigenvalue weighted by Crippen LogP contribution is 2.15. The van der Waals surface area contributed by atoms with E-state index in [4.69, 9.17) is 15.2 Å². The third-order valence-electron chi connectivity index (χ3n) is 2.76. The summed E-state index contributed by atoms with van der Waals surface area (Å²) in [5.74, 6) is 0.878. The molecule has 0 fully saturated rings. The van der Waals surface area contributed by atoms with Crippen LogP contribution in [0.25, 0.3) is 0 Å². The Kier molecular flexibility index (Phi) is 4.98. The molecular formula is C15H17N3O3. The molecule has 0 aliphatic rings. The van der Waals surface area contributed by atoms with Crippen molar-refractivity contribution in [2.75, 3.05) is 26.0 Å². The van der Waals surface area contributed by atoms with Crippen LogP contribution in [0.1, 0.15) is 10.4 Å². The van der Waals surface area contributed by atoms with Gasteiger partial charge >= 0.3 is 0 Å². The number of hydrogen-bond donors (Lipinski definition) is 2. The number of nitrogens with zero attached hydrogens (tertiary/aromatic N) is 1. The van der Waals surface area contributed by atoms with Gasteiger partial charge in [0.2, 0.25) is 0 Å². The molecule has 0 aliphatic heterocycles. The molecular weight excluding hydrogens is 270 g/mol. The van der Waals surface area contributed by atoms with Gasteiger partial charge in [0, 0.05) is 18.0 Å². The first-order valence-corrected chi connectivity index (χ1v) is 6.45. The highest BCUT2D eigenvalue weighted by Gasteiger charge is 2.11. The summed E-state index contributed by atoms with van der Waals surface area (Å²) >= 11 is 0. The van der Waals surface area contributed by atoms with Crippen LogP contribution >= 0.6 is 0 Å². The summed E-state index contributed by atoms with van der Waals surface area (Å²) in [5.41, 5.74) is 6.73. The Hall–Kier alpha value is -2.76. The third-order valence-corrected chi connectivity index (χ3v) is 2.76. The number of rotatable bonds is 6. The molecule has 3 N–H and O–H groups in total. The van der Waals surface area contributed by atoms with Gasteiger partial charge in [-0.3, -0.25) is 9.78 Å². The van der Waals surface area contributed by atoms with Crippen LogP contribution in [0.3, 0.4) is 0 Å². The van der Waals surface area contributed by atoms with Gasteiger partial charge in [-0.1, -0.05) is 6.07 Å². The van der Waals surface area contributed by atoms with Crippen molar-refractivity contribution in [2.24, 2.45) is 0 Å². The molecule has 2 aromatic rings. The van der Waals surface area contributed by atoms with Gasteiger partial charge < -0.3 is 20.5 Å². The summed E-state index contributed by atoms with van der Waals surface area (Å²) in [7, 11) is 1.50. The molecule has 0 saturated heterocycles. The first kappa shape index (κ1) is 14.6. The van der Waals surface area contributed by atoms with E-state index >= 15 is 0 Å². The number of nitrogens with one attached hydrogen (secondary N) is 1. The highest BCUT2D eigenvalue weighted by molar-refractivity contribution is 5.96. The maximum Gasteiger partial charge on any atom is 0.255 e. The Bertz CT molecular complexity index is 617. The number of nitrogen functional groups attached to an aromatic ring is 1. The van der Waals surface area contributed by atoms with E-state index in [0.717, 1.165) is 0 Å². The Morgan fingerprint density at radius 2 is 2.24 bits per heavy atom. The van der Waals surface area contributed by atoms with Crippen molar-refractivity contribution in [1.29, 1.82) is 0 Å². The van der Waals surface area contributed by atoms with E-state index in [1.54, 1.807) is 24.4 Å². The zero-order valence-electron chi connectivity index (χ0n) is 11.7. The molecule has 1 amide bonds. The van der Waals surface area contributed by atoms with Gasteiger partial charge in [0.1, 0.15) is 18.1 Å². The van der Waals surface area contributed by atoms with E-state index in [2.05, 4.69) is 10.3 Å². The number of amides is 1. The van der Waals surface area contributed by atoms with Crippen molar-refractivity contribution in [2.45, 2.75) is 0 Å². The minimum absolute atomic E-state index is 0.231. The van der Waals surface area contributed by atoms with Crippen LogP contribution in [0.5, 0.6) is 11.5 Å². The third kappa shape index (κ3) is 4.10. The van der Waals surface area contributed by atoms with E-state index in [9.17, 15) is 4.79 Å². The molecule has 0 bridgehead atoms. The number of benzene rings is 1. The highest BCUT2D eigenvalue weighted by atomic mass is 16.5. The van der Waals surface area contributed by atoms with Gasteiger partial charge in [0.05, 0.1) is 25.4 Å². The molecule has 1 aromatic heterocycles. The predicted molar refractivity (Wildman–Crippen MR) is 79.5 cm³/mol. The Morgan fingerprint density at radius 3 is 3.00 bits per heavy atom. The zero-order valence-corrected chi connectivity index (χ0v) is 11.7. The lowest BCUT2D eigenvalue weighted by Crippen LogP contribution is -2.28. The second-order valence-corrected chi connectivity index (χ2v) is 4.25. The van der Waals surface area contributed by atoms with Gasteiger partial charge in [0.25, 0.3) is 5.91 Å². The molecule has 0 unspecified atom stereocenters. The summed E-state index contributed by atoms with van der Waals surface area (Å²) in [6.45, 7) is 0.724. The number of carbonyl (C=O) groups excluding carboxylic acids is 1. The molecule has 1 aromatic carbocycles. The average molecular weight is 287 g/mol. The van der Waals surface area contributed by atoms with Gasteiger partial charge in [-0.05, 0) is 18.2 Å². The van der Waals surface area contributed by atoms with Crippen molar-refractivity contribution < 1.29 is 14.3 Å². The minimum atomic E-state index is -0.231. The minimum Gasteiger partial charge on any atom is -0.494 e. The Balaban J connectivity index is 1.82. The quantitative estimate of drug-likeness (QED) is 0.621. The summed E-state index contributed by atoms with van der Waals surface area (Å²) in [5, 5.41) is 2.76. The second-order valence-electron chi connectivity index (χ2n) is 4.25. The smallest absolute Gasteiger partial charge is 0.255 e. The van der Waals surface area contributed by atoms with Crippen molar-refractivity contribution in [3.05, 3.63) is 48.3 Å². The van der Waals surface area contributed by atoms with Crippen LogP contribution in [0.2, 0.25) is 0 Å². The van der Waals surface area contributed by atoms with Gasteiger partial charge in [-0.15, -0.1) is 0 Å². The maximum atomic E-state index is 12.0. The fourth-order valence-corrected chi connectivity index (χ4v) is 1.76. The van der Waals surface area contributed by atoms with Crippen molar-refractivity contribution >= 4 is 11.6 Å². The Labute approximate surface area is 122 Å². The number of nitrogens with two attached hydrogens (primary N) is 1. The molecule has 6 nitrogen and oxygen atoms in total. The molecule has 2 rings (SSSR count). The normalized spacial score (nSPS) is 9.95. The number of carbonyl (C=O) groups is 1. The monoisotopic (exact) mass is 287 g/mol. The molecule has 110 valence electrons. The molecule has 0 atom stereocenters. The first-order valence-electron chi connectivity index (χ1n) is 6.45. The zero-order chi connectivity index (χ0) is 15.1. The molecule has 0 aliphatic carbocycles. The van der Waals surface area contributed by atoms with E-state index in [1.807, 2.05) is 12.1 Å². The number of pyridine rings is 1. The number of anilines is 1. The fraction of sp³-hybridized carbons (Fsp3) is 0.200. The predicted octanol–water partition coefficient (Wildman–Crippen LogP) is 1.48. The van der Waals surface area contributed by atoms with Gasteiger partial charge in [0.15, 0.2) is 0 Å². The summed E-state index contributed by atoms with van der Waals surface area (Å²) in [6, 6.07) is 8.74. The van der Waals surface area contributed by atoms with Crippen LogP contribution < -0.4 is 20.5 Å². The summed E-state index contributed by atoms with van der Waals surface area (Å²) in [6.07, 6.45) is 3.04. The van der Waals surface area contributed by atoms with Crippen molar-refractivity contribution in [1.82, 2.24) is 10.3 Å². The van der Waals surface area contributed by atoms with Gasteiger partial charge in [-0.25, -0.2) is 0 Å². The van der Waals surface area contributed by atoms with Crippen molar-refractivity contribution in [3.63, 3.8) is 0 Å². The second kappa shape index (κ2) is 7.14. The number of methoxy groups -OCH3 is 1. The van der Waals surface area contributed by atoms with Crippen LogP contribution in [-0.2, 0) is 0 Å². The lowest BCUT2D eigenvalue weighted by Gasteiger charge is -2.10. The molecule has 21 heavy (non-hydrogen) atoms. The van der Waals surface area contributed by atoms with Crippen LogP contribution in [0.15, 0.2) is 42.7 Å². The van der Waals surface area contributed by atoms with E-state index in [0.29, 0.717) is 35.9 Å².